The summed E-state index contributed by atoms with van der Waals surface area (Å²) in [5.41, 5.74) is 5.76. The highest BCUT2D eigenvalue weighted by Crippen LogP contribution is 2.18. The molecule has 0 saturated heterocycles. The molecule has 0 aromatic heterocycles. The van der Waals surface area contributed by atoms with Crippen LogP contribution in [0.15, 0.2) is 18.2 Å². The van der Waals surface area contributed by atoms with Gasteiger partial charge in [-0.25, -0.2) is 8.78 Å². The van der Waals surface area contributed by atoms with E-state index in [0.29, 0.717) is 6.42 Å². The molecule has 0 bridgehead atoms. The molecule has 18 heavy (non-hydrogen) atoms. The fraction of sp³-hybridized carbons (Fsp3) is 0.462. The van der Waals surface area contributed by atoms with E-state index in [4.69, 9.17) is 5.73 Å². The first kappa shape index (κ1) is 14.6. The normalized spacial score (nSPS) is 14.1. The van der Waals surface area contributed by atoms with Crippen LogP contribution in [0.4, 0.5) is 8.78 Å². The van der Waals surface area contributed by atoms with Gasteiger partial charge in [-0.1, -0.05) is 13.3 Å². The number of halogens is 2. The maximum atomic E-state index is 13.5. The molecule has 0 aliphatic heterocycles. The van der Waals surface area contributed by atoms with Crippen molar-refractivity contribution in [3.8, 4) is 0 Å². The first-order valence-electron chi connectivity index (χ1n) is 5.96. The van der Waals surface area contributed by atoms with Crippen molar-refractivity contribution in [2.24, 2.45) is 5.73 Å². The van der Waals surface area contributed by atoms with Gasteiger partial charge in [-0.2, -0.15) is 0 Å². The zero-order valence-electron chi connectivity index (χ0n) is 10.5. The number of amides is 1. The lowest BCUT2D eigenvalue weighted by Crippen LogP contribution is -2.41. The number of nitrogens with two attached hydrogens (primary N) is 1. The molecule has 100 valence electrons. The molecule has 0 aliphatic rings. The number of carbonyl (C=O) groups excluding carboxylic acids is 1. The number of hydrogen-bond donors (Lipinski definition) is 2. The molecule has 0 aliphatic carbocycles. The second-order valence-electron chi connectivity index (χ2n) is 4.29. The van der Waals surface area contributed by atoms with E-state index in [1.807, 2.05) is 6.92 Å². The summed E-state index contributed by atoms with van der Waals surface area (Å²) < 4.78 is 26.5. The first-order chi connectivity index (χ1) is 8.45. The second kappa shape index (κ2) is 6.44. The smallest absolute Gasteiger partial charge is 0.237 e. The first-order valence-corrected chi connectivity index (χ1v) is 5.96. The summed E-state index contributed by atoms with van der Waals surface area (Å²) in [6.45, 7) is 3.51. The summed E-state index contributed by atoms with van der Waals surface area (Å²) >= 11 is 0. The van der Waals surface area contributed by atoms with Crippen molar-refractivity contribution >= 4 is 5.91 Å². The molecule has 3 N–H and O–H groups in total. The standard InChI is InChI=1S/C13H18F2N2O/c1-3-4-12(16)13(18)17-8(2)10-7-9(14)5-6-11(10)15/h5-8,12H,3-4,16H2,1-2H3,(H,17,18). The molecule has 1 aromatic rings. The Labute approximate surface area is 105 Å². The van der Waals surface area contributed by atoms with Crippen molar-refractivity contribution in [2.75, 3.05) is 0 Å². The minimum Gasteiger partial charge on any atom is -0.348 e. The van der Waals surface area contributed by atoms with E-state index < -0.39 is 23.7 Å². The molecule has 5 heteroatoms. The van der Waals surface area contributed by atoms with Crippen LogP contribution < -0.4 is 11.1 Å². The summed E-state index contributed by atoms with van der Waals surface area (Å²) in [7, 11) is 0. The zero-order valence-corrected chi connectivity index (χ0v) is 10.5. The third-order valence-electron chi connectivity index (χ3n) is 2.72. The van der Waals surface area contributed by atoms with Gasteiger partial charge in [-0.15, -0.1) is 0 Å². The largest absolute Gasteiger partial charge is 0.348 e. The van der Waals surface area contributed by atoms with Gasteiger partial charge in [0, 0.05) is 5.56 Å². The molecule has 3 nitrogen and oxygen atoms in total. The van der Waals surface area contributed by atoms with Gasteiger partial charge in [0.1, 0.15) is 11.6 Å². The molecule has 2 unspecified atom stereocenters. The van der Waals surface area contributed by atoms with Crippen LogP contribution in [0.1, 0.15) is 38.3 Å². The van der Waals surface area contributed by atoms with E-state index in [1.165, 1.54) is 0 Å². The number of benzene rings is 1. The SMILES string of the molecule is CCCC(N)C(=O)NC(C)c1cc(F)ccc1F. The Morgan fingerprint density at radius 3 is 2.72 bits per heavy atom. The summed E-state index contributed by atoms with van der Waals surface area (Å²) in [6, 6.07) is 1.92. The van der Waals surface area contributed by atoms with Gasteiger partial charge in [-0.05, 0) is 31.5 Å². The quantitative estimate of drug-likeness (QED) is 0.849. The van der Waals surface area contributed by atoms with Crippen molar-refractivity contribution < 1.29 is 13.6 Å². The van der Waals surface area contributed by atoms with Gasteiger partial charge in [0.05, 0.1) is 12.1 Å². The lowest BCUT2D eigenvalue weighted by molar-refractivity contribution is -0.123. The van der Waals surface area contributed by atoms with Crippen molar-refractivity contribution in [1.82, 2.24) is 5.32 Å². The highest BCUT2D eigenvalue weighted by atomic mass is 19.1. The van der Waals surface area contributed by atoms with Crippen LogP contribution in [-0.4, -0.2) is 11.9 Å². The molecule has 0 radical (unpaired) electrons. The Hall–Kier alpha value is -1.49. The van der Waals surface area contributed by atoms with E-state index in [9.17, 15) is 13.6 Å². The molecular weight excluding hydrogens is 238 g/mol. The average Bonchev–Trinajstić information content (AvgIpc) is 2.32. The predicted octanol–water partition coefficient (Wildman–Crippen LogP) is 2.27. The Morgan fingerprint density at radius 1 is 1.44 bits per heavy atom. The number of carbonyl (C=O) groups is 1. The second-order valence-corrected chi connectivity index (χ2v) is 4.29. The third-order valence-corrected chi connectivity index (χ3v) is 2.72. The highest BCUT2D eigenvalue weighted by Gasteiger charge is 2.18. The van der Waals surface area contributed by atoms with Crippen molar-refractivity contribution in [2.45, 2.75) is 38.8 Å². The molecule has 0 heterocycles. The van der Waals surface area contributed by atoms with Crippen molar-refractivity contribution in [3.05, 3.63) is 35.4 Å². The topological polar surface area (TPSA) is 55.1 Å². The molecule has 0 fully saturated rings. The van der Waals surface area contributed by atoms with Crippen LogP contribution in [0.2, 0.25) is 0 Å². The summed E-state index contributed by atoms with van der Waals surface area (Å²) in [6.07, 6.45) is 1.35. The number of hydrogen-bond acceptors (Lipinski definition) is 2. The van der Waals surface area contributed by atoms with Crippen LogP contribution in [0.5, 0.6) is 0 Å². The molecule has 2 atom stereocenters. The maximum absolute atomic E-state index is 13.5. The molecule has 0 saturated carbocycles. The molecule has 1 rings (SSSR count). The van der Waals surface area contributed by atoms with Crippen LogP contribution in [0.3, 0.4) is 0 Å². The highest BCUT2D eigenvalue weighted by molar-refractivity contribution is 5.81. The van der Waals surface area contributed by atoms with Gasteiger partial charge in [0.25, 0.3) is 0 Å². The van der Waals surface area contributed by atoms with E-state index >= 15 is 0 Å². The fourth-order valence-corrected chi connectivity index (χ4v) is 1.69. The average molecular weight is 256 g/mol. The van der Waals surface area contributed by atoms with E-state index in [2.05, 4.69) is 5.32 Å². The van der Waals surface area contributed by atoms with Crippen LogP contribution in [0.25, 0.3) is 0 Å². The van der Waals surface area contributed by atoms with E-state index in [-0.39, 0.29) is 11.5 Å². The van der Waals surface area contributed by atoms with E-state index in [0.717, 1.165) is 24.6 Å². The number of nitrogens with one attached hydrogen (secondary N) is 1. The van der Waals surface area contributed by atoms with Crippen molar-refractivity contribution in [1.29, 1.82) is 0 Å². The van der Waals surface area contributed by atoms with Crippen LogP contribution >= 0.6 is 0 Å². The maximum Gasteiger partial charge on any atom is 0.237 e. The lowest BCUT2D eigenvalue weighted by atomic mass is 10.1. The minimum absolute atomic E-state index is 0.118. The van der Waals surface area contributed by atoms with Gasteiger partial charge in [-0.3, -0.25) is 4.79 Å². The van der Waals surface area contributed by atoms with Crippen LogP contribution in [0, 0.1) is 11.6 Å². The monoisotopic (exact) mass is 256 g/mol. The van der Waals surface area contributed by atoms with Gasteiger partial charge in [0.15, 0.2) is 0 Å². The summed E-state index contributed by atoms with van der Waals surface area (Å²) in [4.78, 5) is 11.7. The van der Waals surface area contributed by atoms with Gasteiger partial charge >= 0.3 is 0 Å². The van der Waals surface area contributed by atoms with Gasteiger partial charge < -0.3 is 11.1 Å². The fourth-order valence-electron chi connectivity index (χ4n) is 1.69. The molecule has 0 spiro atoms. The molecule has 1 aromatic carbocycles. The summed E-state index contributed by atoms with van der Waals surface area (Å²) in [5, 5.41) is 2.58. The van der Waals surface area contributed by atoms with Gasteiger partial charge in [0.2, 0.25) is 5.91 Å². The minimum atomic E-state index is -0.617. The van der Waals surface area contributed by atoms with E-state index in [1.54, 1.807) is 6.92 Å². The number of rotatable bonds is 5. The summed E-state index contributed by atoms with van der Waals surface area (Å²) in [5.74, 6) is -1.44. The lowest BCUT2D eigenvalue weighted by Gasteiger charge is -2.18. The Kier molecular flexibility index (Phi) is 5.22. The van der Waals surface area contributed by atoms with Crippen LogP contribution in [-0.2, 0) is 4.79 Å². The predicted molar refractivity (Wildman–Crippen MR) is 65.8 cm³/mol. The van der Waals surface area contributed by atoms with Crippen molar-refractivity contribution in [3.63, 3.8) is 0 Å². The Morgan fingerprint density at radius 2 is 2.11 bits per heavy atom. The Bertz CT molecular complexity index is 423. The zero-order chi connectivity index (χ0) is 13.7. The third kappa shape index (κ3) is 3.77. The molecule has 1 amide bonds. The Balaban J connectivity index is 2.73. The molecular formula is C13H18F2N2O.